The van der Waals surface area contributed by atoms with Gasteiger partial charge in [0.15, 0.2) is 5.65 Å². The Bertz CT molecular complexity index is 646. The fourth-order valence-electron chi connectivity index (χ4n) is 1.71. The Hall–Kier alpha value is -2.37. The number of aromatic carboxylic acids is 1. The standard InChI is InChI=1S/C13H15N3O3/c1-8(2)4-5-19-11-9-7-15-16(3)12(9)14-6-10(11)13(17)18/h6-7H,1,4-5H2,2-3H3,(H,17,18). The minimum atomic E-state index is -1.07. The van der Waals surface area contributed by atoms with E-state index in [1.807, 2.05) is 6.92 Å². The highest BCUT2D eigenvalue weighted by Crippen LogP contribution is 2.28. The van der Waals surface area contributed by atoms with Crippen LogP contribution in [-0.2, 0) is 7.05 Å². The van der Waals surface area contributed by atoms with Crippen LogP contribution in [0.2, 0.25) is 0 Å². The van der Waals surface area contributed by atoms with Crippen LogP contribution in [0.25, 0.3) is 11.0 Å². The monoisotopic (exact) mass is 261 g/mol. The highest BCUT2D eigenvalue weighted by Gasteiger charge is 2.18. The number of fused-ring (bicyclic) bond motifs is 1. The molecule has 2 aromatic rings. The molecule has 0 radical (unpaired) electrons. The van der Waals surface area contributed by atoms with E-state index in [1.54, 1.807) is 17.9 Å². The molecule has 0 aliphatic carbocycles. The van der Waals surface area contributed by atoms with Crippen molar-refractivity contribution in [2.24, 2.45) is 7.05 Å². The van der Waals surface area contributed by atoms with Crippen molar-refractivity contribution in [1.82, 2.24) is 14.8 Å². The highest BCUT2D eigenvalue weighted by atomic mass is 16.5. The van der Waals surface area contributed by atoms with Gasteiger partial charge in [-0.15, -0.1) is 6.58 Å². The van der Waals surface area contributed by atoms with Crippen LogP contribution < -0.4 is 4.74 Å². The molecule has 0 fully saturated rings. The van der Waals surface area contributed by atoms with E-state index < -0.39 is 5.97 Å². The largest absolute Gasteiger partial charge is 0.491 e. The fourth-order valence-corrected chi connectivity index (χ4v) is 1.71. The van der Waals surface area contributed by atoms with Gasteiger partial charge < -0.3 is 9.84 Å². The Morgan fingerprint density at radius 3 is 2.89 bits per heavy atom. The van der Waals surface area contributed by atoms with E-state index in [0.717, 1.165) is 5.57 Å². The zero-order chi connectivity index (χ0) is 14.0. The van der Waals surface area contributed by atoms with Gasteiger partial charge in [0.05, 0.1) is 18.2 Å². The second-order valence-electron chi connectivity index (χ2n) is 4.37. The van der Waals surface area contributed by atoms with E-state index in [0.29, 0.717) is 29.8 Å². The van der Waals surface area contributed by atoms with E-state index in [4.69, 9.17) is 4.74 Å². The van der Waals surface area contributed by atoms with Crippen molar-refractivity contribution in [3.63, 3.8) is 0 Å². The minimum Gasteiger partial charge on any atom is -0.491 e. The van der Waals surface area contributed by atoms with Crippen LogP contribution in [0.4, 0.5) is 0 Å². The van der Waals surface area contributed by atoms with Gasteiger partial charge in [-0.25, -0.2) is 9.78 Å². The smallest absolute Gasteiger partial charge is 0.341 e. The Morgan fingerprint density at radius 1 is 1.53 bits per heavy atom. The number of carboxylic acid groups (broad SMARTS) is 1. The Kier molecular flexibility index (Phi) is 3.50. The molecular formula is C13H15N3O3. The molecule has 0 amide bonds. The van der Waals surface area contributed by atoms with Crippen molar-refractivity contribution in [3.05, 3.63) is 30.1 Å². The van der Waals surface area contributed by atoms with E-state index in [-0.39, 0.29) is 5.56 Å². The van der Waals surface area contributed by atoms with Crippen LogP contribution in [0, 0.1) is 0 Å². The molecule has 0 saturated heterocycles. The van der Waals surface area contributed by atoms with Gasteiger partial charge in [-0.1, -0.05) is 5.57 Å². The van der Waals surface area contributed by atoms with Crippen molar-refractivity contribution < 1.29 is 14.6 Å². The molecule has 0 unspecified atom stereocenters. The van der Waals surface area contributed by atoms with Crippen molar-refractivity contribution in [3.8, 4) is 5.75 Å². The Labute approximate surface area is 110 Å². The van der Waals surface area contributed by atoms with Gasteiger partial charge in [-0.05, 0) is 6.92 Å². The molecule has 19 heavy (non-hydrogen) atoms. The average Bonchev–Trinajstić information content (AvgIpc) is 2.71. The molecule has 0 saturated carbocycles. The van der Waals surface area contributed by atoms with Crippen LogP contribution in [-0.4, -0.2) is 32.4 Å². The van der Waals surface area contributed by atoms with Gasteiger partial charge in [-0.2, -0.15) is 5.10 Å². The van der Waals surface area contributed by atoms with Gasteiger partial charge in [0, 0.05) is 19.7 Å². The molecule has 2 aromatic heterocycles. The Morgan fingerprint density at radius 2 is 2.26 bits per heavy atom. The summed E-state index contributed by atoms with van der Waals surface area (Å²) < 4.78 is 7.18. The molecule has 2 rings (SSSR count). The maximum Gasteiger partial charge on any atom is 0.341 e. The minimum absolute atomic E-state index is 0.0437. The van der Waals surface area contributed by atoms with Gasteiger partial charge in [-0.3, -0.25) is 4.68 Å². The first-order valence-corrected chi connectivity index (χ1v) is 5.82. The summed E-state index contributed by atoms with van der Waals surface area (Å²) >= 11 is 0. The summed E-state index contributed by atoms with van der Waals surface area (Å²) in [4.78, 5) is 15.3. The van der Waals surface area contributed by atoms with E-state index >= 15 is 0 Å². The number of carbonyl (C=O) groups is 1. The van der Waals surface area contributed by atoms with Gasteiger partial charge in [0.25, 0.3) is 0 Å². The second-order valence-corrected chi connectivity index (χ2v) is 4.37. The van der Waals surface area contributed by atoms with Crippen LogP contribution in [0.5, 0.6) is 5.75 Å². The SMILES string of the molecule is C=C(C)CCOc1c(C(=O)O)cnc2c1cnn2C. The highest BCUT2D eigenvalue weighted by molar-refractivity contribution is 5.97. The number of hydrogen-bond acceptors (Lipinski definition) is 4. The normalized spacial score (nSPS) is 10.6. The molecule has 0 aliphatic rings. The molecule has 0 bridgehead atoms. The summed E-state index contributed by atoms with van der Waals surface area (Å²) in [6, 6.07) is 0. The van der Waals surface area contributed by atoms with Gasteiger partial charge in [0.2, 0.25) is 0 Å². The molecule has 6 nitrogen and oxygen atoms in total. The summed E-state index contributed by atoms with van der Waals surface area (Å²) in [6.45, 7) is 6.06. The molecule has 1 N–H and O–H groups in total. The number of carboxylic acids is 1. The maximum absolute atomic E-state index is 11.2. The van der Waals surface area contributed by atoms with Crippen LogP contribution in [0.15, 0.2) is 24.5 Å². The lowest BCUT2D eigenvalue weighted by molar-refractivity contribution is 0.0692. The van der Waals surface area contributed by atoms with E-state index in [1.165, 1.54) is 6.20 Å². The predicted molar refractivity (Wildman–Crippen MR) is 70.4 cm³/mol. The number of rotatable bonds is 5. The molecule has 0 atom stereocenters. The molecular weight excluding hydrogens is 246 g/mol. The van der Waals surface area contributed by atoms with Crippen LogP contribution >= 0.6 is 0 Å². The second kappa shape index (κ2) is 5.09. The number of nitrogens with zero attached hydrogens (tertiary/aromatic N) is 3. The molecule has 2 heterocycles. The lowest BCUT2D eigenvalue weighted by atomic mass is 10.2. The lowest BCUT2D eigenvalue weighted by Crippen LogP contribution is -2.06. The summed E-state index contributed by atoms with van der Waals surface area (Å²) in [5, 5.41) is 13.8. The summed E-state index contributed by atoms with van der Waals surface area (Å²) in [5.74, 6) is -0.754. The first-order valence-electron chi connectivity index (χ1n) is 5.82. The van der Waals surface area contributed by atoms with Crippen molar-refractivity contribution in [1.29, 1.82) is 0 Å². The maximum atomic E-state index is 11.2. The number of aryl methyl sites for hydroxylation is 1. The zero-order valence-electron chi connectivity index (χ0n) is 10.9. The van der Waals surface area contributed by atoms with E-state index in [2.05, 4.69) is 16.7 Å². The predicted octanol–water partition coefficient (Wildman–Crippen LogP) is 2.01. The van der Waals surface area contributed by atoms with Crippen LogP contribution in [0.3, 0.4) is 0 Å². The van der Waals surface area contributed by atoms with Crippen molar-refractivity contribution in [2.45, 2.75) is 13.3 Å². The summed E-state index contributed by atoms with van der Waals surface area (Å²) in [6.07, 6.45) is 3.52. The summed E-state index contributed by atoms with van der Waals surface area (Å²) in [7, 11) is 1.74. The number of aromatic nitrogens is 3. The number of hydrogen-bond donors (Lipinski definition) is 1. The summed E-state index contributed by atoms with van der Waals surface area (Å²) in [5.41, 5.74) is 1.62. The lowest BCUT2D eigenvalue weighted by Gasteiger charge is -2.10. The molecule has 0 aliphatic heterocycles. The molecule has 6 heteroatoms. The third-order valence-corrected chi connectivity index (χ3v) is 2.72. The average molecular weight is 261 g/mol. The van der Waals surface area contributed by atoms with Crippen LogP contribution in [0.1, 0.15) is 23.7 Å². The molecule has 0 aromatic carbocycles. The zero-order valence-corrected chi connectivity index (χ0v) is 10.9. The van der Waals surface area contributed by atoms with Gasteiger partial charge in [0.1, 0.15) is 11.3 Å². The third-order valence-electron chi connectivity index (χ3n) is 2.72. The number of pyridine rings is 1. The topological polar surface area (TPSA) is 77.2 Å². The quantitative estimate of drug-likeness (QED) is 0.833. The first-order chi connectivity index (χ1) is 9.00. The Balaban J connectivity index is 2.43. The molecule has 0 spiro atoms. The third kappa shape index (κ3) is 2.57. The van der Waals surface area contributed by atoms with Gasteiger partial charge >= 0.3 is 5.97 Å². The fraction of sp³-hybridized carbons (Fsp3) is 0.308. The van der Waals surface area contributed by atoms with E-state index in [9.17, 15) is 9.90 Å². The molecule has 100 valence electrons. The van der Waals surface area contributed by atoms with Crippen molar-refractivity contribution >= 4 is 17.0 Å². The first kappa shape index (κ1) is 13.1. The van der Waals surface area contributed by atoms with Crippen molar-refractivity contribution in [2.75, 3.05) is 6.61 Å². The number of ether oxygens (including phenoxy) is 1.